The Morgan fingerprint density at radius 1 is 0.966 bits per heavy atom. The maximum atomic E-state index is 12.7. The fourth-order valence-corrected chi connectivity index (χ4v) is 3.85. The summed E-state index contributed by atoms with van der Waals surface area (Å²) in [5, 5.41) is 10.8. The van der Waals surface area contributed by atoms with E-state index in [9.17, 15) is 4.79 Å². The van der Waals surface area contributed by atoms with E-state index in [4.69, 9.17) is 9.47 Å². The third-order valence-corrected chi connectivity index (χ3v) is 5.31. The number of nitrogens with one attached hydrogen (secondary N) is 4. The van der Waals surface area contributed by atoms with Gasteiger partial charge in [-0.15, -0.1) is 0 Å². The quantitative estimate of drug-likeness (QED) is 0.549. The van der Waals surface area contributed by atoms with Gasteiger partial charge in [0.25, 0.3) is 0 Å². The lowest BCUT2D eigenvalue weighted by Crippen LogP contribution is -2.55. The van der Waals surface area contributed by atoms with Crippen molar-refractivity contribution in [3.05, 3.63) is 60.4 Å². The molecule has 8 nitrogen and oxygen atoms in total. The number of ether oxygens (including phenoxy) is 2. The predicted octanol–water partition coefficient (Wildman–Crippen LogP) is 2.56. The molecule has 2 aliphatic rings. The van der Waals surface area contributed by atoms with E-state index in [-0.39, 0.29) is 18.4 Å². The van der Waals surface area contributed by atoms with E-state index in [0.717, 1.165) is 27.9 Å². The summed E-state index contributed by atoms with van der Waals surface area (Å²) in [6.07, 6.45) is 3.22. The third-order valence-electron chi connectivity index (χ3n) is 5.31. The van der Waals surface area contributed by atoms with Crippen LogP contribution in [0.25, 0.3) is 16.6 Å². The molecule has 1 aromatic heterocycles. The molecule has 2 amide bonds. The number of benzene rings is 2. The lowest BCUT2D eigenvalue weighted by Gasteiger charge is -2.33. The first-order valence-corrected chi connectivity index (χ1v) is 9.30. The number of H-pyrrole nitrogens is 1. The van der Waals surface area contributed by atoms with Crippen LogP contribution in [-0.2, 0) is 0 Å². The van der Waals surface area contributed by atoms with Crippen molar-refractivity contribution in [2.45, 2.75) is 12.3 Å². The fourth-order valence-electron chi connectivity index (χ4n) is 3.85. The van der Waals surface area contributed by atoms with Gasteiger partial charge in [0.05, 0.1) is 19.9 Å². The molecular formula is C21H21N5O3. The van der Waals surface area contributed by atoms with Crippen molar-refractivity contribution >= 4 is 28.3 Å². The second kappa shape index (κ2) is 6.66. The van der Waals surface area contributed by atoms with Gasteiger partial charge in [-0.25, -0.2) is 4.79 Å². The first-order chi connectivity index (χ1) is 14.2. The average Bonchev–Trinajstić information content (AvgIpc) is 3.35. The molecule has 0 radical (unpaired) electrons. The van der Waals surface area contributed by atoms with Crippen LogP contribution in [0.2, 0.25) is 0 Å². The Balaban J connectivity index is 1.47. The summed E-state index contributed by atoms with van der Waals surface area (Å²) >= 11 is 0. The van der Waals surface area contributed by atoms with Gasteiger partial charge in [-0.05, 0) is 42.5 Å². The maximum Gasteiger partial charge on any atom is 0.325 e. The summed E-state index contributed by atoms with van der Waals surface area (Å²) in [4.78, 5) is 17.6. The minimum atomic E-state index is -0.285. The van der Waals surface area contributed by atoms with E-state index in [1.54, 1.807) is 19.1 Å². The van der Waals surface area contributed by atoms with Crippen molar-refractivity contribution in [3.63, 3.8) is 0 Å². The van der Waals surface area contributed by atoms with Gasteiger partial charge in [0, 0.05) is 34.6 Å². The summed E-state index contributed by atoms with van der Waals surface area (Å²) in [5.74, 6) is 1.31. The van der Waals surface area contributed by atoms with E-state index in [2.05, 4.69) is 20.9 Å². The number of hydrogen-bond acceptors (Lipinski definition) is 5. The van der Waals surface area contributed by atoms with Crippen LogP contribution in [0, 0.1) is 0 Å². The Bertz CT molecular complexity index is 1120. The van der Waals surface area contributed by atoms with E-state index in [1.807, 2.05) is 54.9 Å². The van der Waals surface area contributed by atoms with Crippen molar-refractivity contribution in [3.8, 4) is 11.5 Å². The number of carbonyl (C=O) groups excluding carboxylic acids is 1. The molecular weight excluding hydrogens is 370 g/mol. The molecule has 0 aliphatic carbocycles. The zero-order valence-corrected chi connectivity index (χ0v) is 16.0. The number of aromatic amines is 1. The summed E-state index contributed by atoms with van der Waals surface area (Å²) in [7, 11) is 3.22. The SMILES string of the molecule is COc1ccc(C2=CNC3NC(=O)N(c4ccc5[nH]ccc5c4)C3N2)cc1OC. The van der Waals surface area contributed by atoms with E-state index in [1.165, 1.54) is 0 Å². The van der Waals surface area contributed by atoms with Gasteiger partial charge in [0.1, 0.15) is 12.3 Å². The van der Waals surface area contributed by atoms with Crippen LogP contribution < -0.4 is 30.3 Å². The highest BCUT2D eigenvalue weighted by Crippen LogP contribution is 2.32. The second-order valence-electron chi connectivity index (χ2n) is 6.93. The number of nitrogens with zero attached hydrogens (tertiary/aromatic N) is 1. The molecule has 0 spiro atoms. The number of rotatable bonds is 4. The van der Waals surface area contributed by atoms with Gasteiger partial charge in [0.15, 0.2) is 11.5 Å². The lowest BCUT2D eigenvalue weighted by molar-refractivity contribution is 0.250. The van der Waals surface area contributed by atoms with E-state index in [0.29, 0.717) is 11.5 Å². The molecule has 1 fully saturated rings. The Morgan fingerprint density at radius 3 is 2.66 bits per heavy atom. The minimum Gasteiger partial charge on any atom is -0.493 e. The van der Waals surface area contributed by atoms with Gasteiger partial charge in [-0.3, -0.25) is 4.90 Å². The number of fused-ring (bicyclic) bond motifs is 2. The van der Waals surface area contributed by atoms with Crippen molar-refractivity contribution in [1.82, 2.24) is 20.9 Å². The molecule has 4 N–H and O–H groups in total. The Morgan fingerprint density at radius 2 is 1.83 bits per heavy atom. The minimum absolute atomic E-state index is 0.156. The van der Waals surface area contributed by atoms with Crippen molar-refractivity contribution in [2.75, 3.05) is 19.1 Å². The van der Waals surface area contributed by atoms with Gasteiger partial charge < -0.3 is 30.4 Å². The topological polar surface area (TPSA) is 90.7 Å². The Labute approximate surface area is 167 Å². The van der Waals surface area contributed by atoms with Crippen molar-refractivity contribution < 1.29 is 14.3 Å². The van der Waals surface area contributed by atoms with Crippen LogP contribution in [0.15, 0.2) is 54.9 Å². The highest BCUT2D eigenvalue weighted by Gasteiger charge is 2.42. The zero-order valence-electron chi connectivity index (χ0n) is 16.0. The molecule has 148 valence electrons. The van der Waals surface area contributed by atoms with Crippen molar-refractivity contribution in [1.29, 1.82) is 0 Å². The number of aromatic nitrogens is 1. The highest BCUT2D eigenvalue weighted by atomic mass is 16.5. The van der Waals surface area contributed by atoms with Crippen LogP contribution in [0.1, 0.15) is 5.56 Å². The van der Waals surface area contributed by atoms with E-state index >= 15 is 0 Å². The highest BCUT2D eigenvalue weighted by molar-refractivity contribution is 5.98. The lowest BCUT2D eigenvalue weighted by atomic mass is 10.1. The molecule has 1 saturated heterocycles. The largest absolute Gasteiger partial charge is 0.493 e. The number of urea groups is 1. The third kappa shape index (κ3) is 2.80. The van der Waals surface area contributed by atoms with Crippen LogP contribution in [0.4, 0.5) is 10.5 Å². The molecule has 3 aromatic rings. The van der Waals surface area contributed by atoms with Crippen molar-refractivity contribution in [2.24, 2.45) is 0 Å². The van der Waals surface area contributed by atoms with Gasteiger partial charge in [-0.2, -0.15) is 0 Å². The molecule has 8 heteroatoms. The number of hydrogen-bond donors (Lipinski definition) is 4. The molecule has 29 heavy (non-hydrogen) atoms. The number of anilines is 1. The maximum absolute atomic E-state index is 12.7. The molecule has 5 rings (SSSR count). The van der Waals surface area contributed by atoms with E-state index < -0.39 is 0 Å². The van der Waals surface area contributed by atoms with Gasteiger partial charge >= 0.3 is 6.03 Å². The molecule has 3 heterocycles. The average molecular weight is 391 g/mol. The first-order valence-electron chi connectivity index (χ1n) is 9.30. The van der Waals surface area contributed by atoms with Crippen LogP contribution >= 0.6 is 0 Å². The summed E-state index contributed by atoms with van der Waals surface area (Å²) in [5.41, 5.74) is 3.64. The fraction of sp³-hybridized carbons (Fsp3) is 0.190. The Hall–Kier alpha value is -3.81. The van der Waals surface area contributed by atoms with Crippen LogP contribution in [0.5, 0.6) is 11.5 Å². The summed E-state index contributed by atoms with van der Waals surface area (Å²) in [6.45, 7) is 0. The molecule has 2 atom stereocenters. The predicted molar refractivity (Wildman–Crippen MR) is 111 cm³/mol. The standard InChI is InChI=1S/C21H21N5O3/c1-28-17-6-3-12(10-18(17)29-2)16-11-23-19-20(24-16)26(21(27)25-19)14-4-5-15-13(9-14)7-8-22-15/h3-11,19-20,22-24H,1-2H3,(H,25,27). The monoisotopic (exact) mass is 391 g/mol. The van der Waals surface area contributed by atoms with Crippen LogP contribution in [-0.4, -0.2) is 37.6 Å². The molecule has 2 unspecified atom stereocenters. The second-order valence-corrected chi connectivity index (χ2v) is 6.93. The zero-order chi connectivity index (χ0) is 20.0. The number of carbonyl (C=O) groups is 1. The summed E-state index contributed by atoms with van der Waals surface area (Å²) < 4.78 is 10.7. The molecule has 2 aliphatic heterocycles. The van der Waals surface area contributed by atoms with Crippen LogP contribution in [0.3, 0.4) is 0 Å². The normalized spacial score (nSPS) is 20.4. The summed E-state index contributed by atoms with van der Waals surface area (Å²) in [6, 6.07) is 13.5. The smallest absolute Gasteiger partial charge is 0.325 e. The molecule has 2 aromatic carbocycles. The molecule has 0 bridgehead atoms. The van der Waals surface area contributed by atoms with Gasteiger partial charge in [0.2, 0.25) is 0 Å². The molecule has 0 saturated carbocycles. The number of methoxy groups -OCH3 is 2. The van der Waals surface area contributed by atoms with Gasteiger partial charge in [-0.1, -0.05) is 0 Å². The first kappa shape index (κ1) is 17.3. The number of amides is 2. The Kier molecular flexibility index (Phi) is 3.97.